The number of hydrogen-bond donors (Lipinski definition) is 2. The molecule has 2 aromatic rings. The highest BCUT2D eigenvalue weighted by Crippen LogP contribution is 2.27. The maximum atomic E-state index is 12.8. The van der Waals surface area contributed by atoms with Gasteiger partial charge in [-0.25, -0.2) is 0 Å². The zero-order valence-electron chi connectivity index (χ0n) is 13.7. The van der Waals surface area contributed by atoms with Crippen LogP contribution in [0.4, 0.5) is 0 Å². The number of aromatic nitrogens is 1. The van der Waals surface area contributed by atoms with E-state index >= 15 is 0 Å². The monoisotopic (exact) mass is 312 g/mol. The molecule has 0 amide bonds. The van der Waals surface area contributed by atoms with Crippen molar-refractivity contribution in [3.05, 3.63) is 52.0 Å². The molecular formula is C18H22N3O2+. The lowest BCUT2D eigenvalue weighted by molar-refractivity contribution is -0.609. The van der Waals surface area contributed by atoms with Crippen molar-refractivity contribution in [1.29, 1.82) is 0 Å². The molecule has 0 unspecified atom stereocenters. The molecule has 5 heteroatoms. The van der Waals surface area contributed by atoms with Crippen LogP contribution in [-0.4, -0.2) is 28.0 Å². The van der Waals surface area contributed by atoms with Gasteiger partial charge in [0.05, 0.1) is 17.3 Å². The molecular weight excluding hydrogens is 290 g/mol. The number of nitrogens with zero attached hydrogens (tertiary/aromatic N) is 2. The van der Waals surface area contributed by atoms with Crippen molar-refractivity contribution >= 4 is 16.6 Å². The van der Waals surface area contributed by atoms with E-state index in [1.807, 2.05) is 37.3 Å². The van der Waals surface area contributed by atoms with Crippen LogP contribution in [0.15, 0.2) is 45.8 Å². The summed E-state index contributed by atoms with van der Waals surface area (Å²) in [6, 6.07) is 7.45. The van der Waals surface area contributed by atoms with E-state index in [1.165, 1.54) is 0 Å². The minimum atomic E-state index is -0.222. The largest absolute Gasteiger partial charge is 0.506 e. The molecule has 3 N–H and O–H groups in total. The lowest BCUT2D eigenvalue weighted by Crippen LogP contribution is -2.83. The van der Waals surface area contributed by atoms with Crippen LogP contribution < -0.4 is 10.9 Å². The van der Waals surface area contributed by atoms with Gasteiger partial charge in [-0.05, 0) is 19.1 Å². The summed E-state index contributed by atoms with van der Waals surface area (Å²) in [6.07, 6.45) is 2.80. The minimum absolute atomic E-state index is 0.0169. The van der Waals surface area contributed by atoms with E-state index in [2.05, 4.69) is 17.2 Å². The van der Waals surface area contributed by atoms with Gasteiger partial charge in [0.25, 0.3) is 5.56 Å². The molecule has 23 heavy (non-hydrogen) atoms. The van der Waals surface area contributed by atoms with Crippen LogP contribution in [0.5, 0.6) is 5.75 Å². The summed E-state index contributed by atoms with van der Waals surface area (Å²) in [4.78, 5) is 17.4. The van der Waals surface area contributed by atoms with Crippen molar-refractivity contribution in [2.24, 2.45) is 12.0 Å². The molecule has 0 radical (unpaired) electrons. The first-order chi connectivity index (χ1) is 11.0. The molecule has 0 bridgehead atoms. The molecule has 1 atom stereocenters. The second-order valence-corrected chi connectivity index (χ2v) is 5.98. The van der Waals surface area contributed by atoms with E-state index in [4.69, 9.17) is 0 Å². The number of allylic oxidation sites excluding steroid dienone is 2. The number of pyridine rings is 1. The number of aryl methyl sites for hydroxylation is 1. The Morgan fingerprint density at radius 3 is 2.87 bits per heavy atom. The Kier molecular flexibility index (Phi) is 4.05. The highest BCUT2D eigenvalue weighted by molar-refractivity contribution is 6.13. The van der Waals surface area contributed by atoms with Crippen LogP contribution in [0, 0.1) is 0 Å². The van der Waals surface area contributed by atoms with E-state index in [9.17, 15) is 9.90 Å². The van der Waals surface area contributed by atoms with Crippen LogP contribution in [0.1, 0.15) is 25.8 Å². The molecule has 0 spiro atoms. The van der Waals surface area contributed by atoms with E-state index in [-0.39, 0.29) is 17.4 Å². The minimum Gasteiger partial charge on any atom is -0.506 e. The Balaban J connectivity index is 2.33. The highest BCUT2D eigenvalue weighted by atomic mass is 16.3. The Hall–Kier alpha value is -2.40. The second kappa shape index (κ2) is 6.01. The summed E-state index contributed by atoms with van der Waals surface area (Å²) >= 11 is 0. The molecule has 5 nitrogen and oxygen atoms in total. The van der Waals surface area contributed by atoms with E-state index in [0.29, 0.717) is 22.2 Å². The molecule has 120 valence electrons. The van der Waals surface area contributed by atoms with E-state index in [1.54, 1.807) is 11.6 Å². The Morgan fingerprint density at radius 2 is 2.13 bits per heavy atom. The van der Waals surface area contributed by atoms with Gasteiger partial charge in [0.2, 0.25) is 0 Å². The van der Waals surface area contributed by atoms with Crippen LogP contribution in [0.25, 0.3) is 10.9 Å². The van der Waals surface area contributed by atoms with Crippen LogP contribution in [0.3, 0.4) is 0 Å². The van der Waals surface area contributed by atoms with Crippen molar-refractivity contribution in [3.63, 3.8) is 0 Å². The molecule has 1 aliphatic rings. The summed E-state index contributed by atoms with van der Waals surface area (Å²) in [5.41, 5.74) is 2.50. The Bertz CT molecular complexity index is 878. The fourth-order valence-corrected chi connectivity index (χ4v) is 2.98. The molecule has 1 aromatic heterocycles. The summed E-state index contributed by atoms with van der Waals surface area (Å²) in [7, 11) is 1.73. The molecule has 0 fully saturated rings. The predicted molar refractivity (Wildman–Crippen MR) is 92.0 cm³/mol. The summed E-state index contributed by atoms with van der Waals surface area (Å²) < 4.78 is 1.58. The summed E-state index contributed by atoms with van der Waals surface area (Å²) in [5, 5.41) is 13.5. The smallest absolute Gasteiger partial charge is 0.264 e. The zero-order valence-corrected chi connectivity index (χ0v) is 13.7. The van der Waals surface area contributed by atoms with Gasteiger partial charge in [-0.15, -0.1) is 0 Å². The molecule has 1 aromatic carbocycles. The van der Waals surface area contributed by atoms with Crippen molar-refractivity contribution in [1.82, 2.24) is 4.57 Å². The number of para-hydroxylation sites is 1. The number of rotatable bonds is 2. The number of quaternary nitrogens is 1. The highest BCUT2D eigenvalue weighted by Gasteiger charge is 2.22. The molecule has 0 aliphatic carbocycles. The van der Waals surface area contributed by atoms with Gasteiger partial charge in [-0.1, -0.05) is 19.1 Å². The van der Waals surface area contributed by atoms with Gasteiger partial charge in [0.1, 0.15) is 23.6 Å². The van der Waals surface area contributed by atoms with Crippen LogP contribution >= 0.6 is 0 Å². The summed E-state index contributed by atoms with van der Waals surface area (Å²) in [6.45, 7) is 4.94. The number of nitrogens with two attached hydrogens (primary N) is 1. The van der Waals surface area contributed by atoms with Gasteiger partial charge in [0, 0.05) is 24.9 Å². The molecule has 0 saturated carbocycles. The SMILES string of the molecule is CCC1=CC(c2c(O)c3ccccc3n(C)c2=O)=N[C@H](C)C[NH2+]1. The number of benzene rings is 1. The third kappa shape index (κ3) is 2.68. The lowest BCUT2D eigenvalue weighted by Gasteiger charge is -2.12. The average Bonchev–Trinajstić information content (AvgIpc) is 2.74. The molecule has 2 heterocycles. The Morgan fingerprint density at radius 1 is 1.39 bits per heavy atom. The van der Waals surface area contributed by atoms with Gasteiger partial charge in [-0.3, -0.25) is 9.79 Å². The third-order valence-electron chi connectivity index (χ3n) is 4.34. The van der Waals surface area contributed by atoms with Crippen molar-refractivity contribution in [3.8, 4) is 5.75 Å². The topological polar surface area (TPSA) is 71.2 Å². The van der Waals surface area contributed by atoms with Gasteiger partial charge in [0.15, 0.2) is 0 Å². The molecule has 3 rings (SSSR count). The first-order valence-corrected chi connectivity index (χ1v) is 7.95. The average molecular weight is 312 g/mol. The van der Waals surface area contributed by atoms with Crippen molar-refractivity contribution < 1.29 is 10.4 Å². The zero-order chi connectivity index (χ0) is 16.6. The maximum absolute atomic E-state index is 12.8. The number of hydrogen-bond acceptors (Lipinski definition) is 3. The van der Waals surface area contributed by atoms with Gasteiger partial charge in [-0.2, -0.15) is 0 Å². The van der Waals surface area contributed by atoms with Gasteiger partial charge < -0.3 is 15.0 Å². The fraction of sp³-hybridized carbons (Fsp3) is 0.333. The second-order valence-electron chi connectivity index (χ2n) is 5.98. The predicted octanol–water partition coefficient (Wildman–Crippen LogP) is 1.29. The molecule has 0 saturated heterocycles. The standard InChI is InChI=1S/C18H21N3O2/c1-4-12-9-14(20-11(2)10-19-12)16-17(22)13-7-5-6-8-15(13)21(3)18(16)23/h5-9,11,19,22H,4,10H2,1-3H3/p+1/t11-/m1/s1. The Labute approximate surface area is 135 Å². The van der Waals surface area contributed by atoms with E-state index in [0.717, 1.165) is 18.7 Å². The first-order valence-electron chi connectivity index (χ1n) is 7.95. The van der Waals surface area contributed by atoms with Crippen molar-refractivity contribution in [2.45, 2.75) is 26.3 Å². The molecule has 1 aliphatic heterocycles. The number of fused-ring (bicyclic) bond motifs is 1. The number of aliphatic imine (C=N–C) groups is 1. The summed E-state index contributed by atoms with van der Waals surface area (Å²) in [5.74, 6) is 0.0169. The normalized spacial score (nSPS) is 18.5. The number of aromatic hydroxyl groups is 1. The third-order valence-corrected chi connectivity index (χ3v) is 4.34. The van der Waals surface area contributed by atoms with Crippen LogP contribution in [-0.2, 0) is 7.05 Å². The van der Waals surface area contributed by atoms with Crippen molar-refractivity contribution in [2.75, 3.05) is 6.54 Å². The quantitative estimate of drug-likeness (QED) is 0.877. The van der Waals surface area contributed by atoms with Gasteiger partial charge >= 0.3 is 0 Å². The van der Waals surface area contributed by atoms with E-state index < -0.39 is 0 Å². The fourth-order valence-electron chi connectivity index (χ4n) is 2.98. The lowest BCUT2D eigenvalue weighted by atomic mass is 10.0. The maximum Gasteiger partial charge on any atom is 0.264 e. The first kappa shape index (κ1) is 15.5. The van der Waals surface area contributed by atoms with Crippen LogP contribution in [0.2, 0.25) is 0 Å².